The molecule has 0 spiro atoms. The van der Waals surface area contributed by atoms with E-state index in [-0.39, 0.29) is 23.7 Å². The first kappa shape index (κ1) is 30.9. The Labute approximate surface area is 249 Å². The summed E-state index contributed by atoms with van der Waals surface area (Å²) in [6, 6.07) is 8.92. The lowest BCUT2D eigenvalue weighted by atomic mass is 9.98. The molecule has 0 unspecified atom stereocenters. The van der Waals surface area contributed by atoms with Gasteiger partial charge in [0.2, 0.25) is 0 Å². The van der Waals surface area contributed by atoms with E-state index in [1.165, 1.54) is 0 Å². The van der Waals surface area contributed by atoms with Crippen molar-refractivity contribution in [2.24, 2.45) is 0 Å². The number of rotatable bonds is 10. The van der Waals surface area contributed by atoms with E-state index in [1.807, 2.05) is 18.2 Å². The predicted molar refractivity (Wildman–Crippen MR) is 151 cm³/mol. The number of nitrogens with one attached hydrogen (secondary N) is 2. The lowest BCUT2D eigenvalue weighted by molar-refractivity contribution is -0.141. The van der Waals surface area contributed by atoms with Crippen LogP contribution in [0.2, 0.25) is 0 Å². The monoisotopic (exact) mass is 620 g/mol. The number of carbonyl (C=O) groups excluding carboxylic acids is 1. The molecule has 43 heavy (non-hydrogen) atoms. The Morgan fingerprint density at radius 3 is 2.49 bits per heavy atom. The van der Waals surface area contributed by atoms with Crippen molar-refractivity contribution < 1.29 is 36.6 Å². The molecule has 13 heteroatoms. The highest BCUT2D eigenvalue weighted by Crippen LogP contribution is 2.45. The third-order valence-electron chi connectivity index (χ3n) is 7.51. The van der Waals surface area contributed by atoms with Crippen LogP contribution < -0.4 is 15.5 Å². The number of thiazole rings is 1. The molecule has 0 radical (unpaired) electrons. The molecular formula is C30H29F5N4O3S. The number of aromatic nitrogens is 1. The van der Waals surface area contributed by atoms with Crippen LogP contribution in [0.4, 0.5) is 27.1 Å². The van der Waals surface area contributed by atoms with Crippen molar-refractivity contribution in [3.05, 3.63) is 81.4 Å². The minimum absolute atomic E-state index is 0.0246. The Morgan fingerprint density at radius 2 is 1.86 bits per heavy atom. The molecule has 2 atom stereocenters. The second-order valence-corrected chi connectivity index (χ2v) is 11.6. The van der Waals surface area contributed by atoms with E-state index in [2.05, 4.69) is 21.5 Å². The Balaban J connectivity index is 1.38. The van der Waals surface area contributed by atoms with Gasteiger partial charge in [-0.1, -0.05) is 29.4 Å². The molecule has 1 saturated carbocycles. The number of aliphatic hydroxyl groups excluding tert-OH is 1. The summed E-state index contributed by atoms with van der Waals surface area (Å²) >= 11 is 0.588. The van der Waals surface area contributed by atoms with E-state index >= 15 is 0 Å². The molecule has 1 aromatic heterocycles. The number of aliphatic hydroxyl groups is 1. The number of nitrogens with zero attached hydrogens (tertiary/aromatic N) is 2. The first-order valence-corrected chi connectivity index (χ1v) is 14.5. The maximum Gasteiger partial charge on any atom is 0.435 e. The highest BCUT2D eigenvalue weighted by Gasteiger charge is 2.45. The van der Waals surface area contributed by atoms with Crippen molar-refractivity contribution >= 4 is 22.4 Å². The van der Waals surface area contributed by atoms with E-state index < -0.39 is 52.0 Å². The second-order valence-electron chi connectivity index (χ2n) is 10.6. The average molecular weight is 621 g/mol. The summed E-state index contributed by atoms with van der Waals surface area (Å²) in [4.78, 5) is 18.0. The normalized spacial score (nSPS) is 17.7. The molecule has 1 amide bonds. The molecule has 2 fully saturated rings. The van der Waals surface area contributed by atoms with Crippen molar-refractivity contribution in [3.63, 3.8) is 0 Å². The SMILES string of the molecule is C#Cc1cccc(C2(NC[C@H](O)[C@H](Cc3cc(F)cc(F)c3)NC(=O)c3sc(N4CCOCC4)nc3C(F)(F)F)CC2)c1. The Hall–Kier alpha value is -3.57. The fraction of sp³-hybridized carbons (Fsp3) is 0.400. The third kappa shape index (κ3) is 7.33. The van der Waals surface area contributed by atoms with Crippen LogP contribution in [0.5, 0.6) is 0 Å². The van der Waals surface area contributed by atoms with Crippen LogP contribution in [-0.4, -0.2) is 61.0 Å². The molecule has 2 aromatic carbocycles. The largest absolute Gasteiger partial charge is 0.435 e. The number of anilines is 1. The van der Waals surface area contributed by atoms with Gasteiger partial charge in [-0.05, 0) is 54.7 Å². The van der Waals surface area contributed by atoms with Gasteiger partial charge in [0.25, 0.3) is 5.91 Å². The minimum atomic E-state index is -4.92. The van der Waals surface area contributed by atoms with Crippen molar-refractivity contribution in [1.82, 2.24) is 15.6 Å². The zero-order valence-electron chi connectivity index (χ0n) is 22.9. The fourth-order valence-corrected chi connectivity index (χ4v) is 6.13. The summed E-state index contributed by atoms with van der Waals surface area (Å²) in [5, 5.41) is 17.0. The molecule has 7 nitrogen and oxygen atoms in total. The van der Waals surface area contributed by atoms with Gasteiger partial charge in [-0.25, -0.2) is 13.8 Å². The maximum absolute atomic E-state index is 14.0. The van der Waals surface area contributed by atoms with Gasteiger partial charge in [0, 0.05) is 36.8 Å². The topological polar surface area (TPSA) is 86.7 Å². The highest BCUT2D eigenvalue weighted by atomic mass is 32.1. The molecule has 2 heterocycles. The van der Waals surface area contributed by atoms with Gasteiger partial charge >= 0.3 is 6.18 Å². The van der Waals surface area contributed by atoms with Crippen molar-refractivity contribution in [3.8, 4) is 12.3 Å². The van der Waals surface area contributed by atoms with Crippen LogP contribution >= 0.6 is 11.3 Å². The second kappa shape index (κ2) is 12.6. The lowest BCUT2D eigenvalue weighted by Gasteiger charge is -2.27. The number of amides is 1. The van der Waals surface area contributed by atoms with Crippen molar-refractivity contribution in [2.75, 3.05) is 37.7 Å². The van der Waals surface area contributed by atoms with Gasteiger partial charge in [-0.2, -0.15) is 13.2 Å². The minimum Gasteiger partial charge on any atom is -0.390 e. The first-order chi connectivity index (χ1) is 20.5. The van der Waals surface area contributed by atoms with Crippen LogP contribution in [0.1, 0.15) is 44.9 Å². The van der Waals surface area contributed by atoms with E-state index in [4.69, 9.17) is 11.2 Å². The summed E-state index contributed by atoms with van der Waals surface area (Å²) in [6.07, 6.45) is 0.518. The highest BCUT2D eigenvalue weighted by molar-refractivity contribution is 7.17. The van der Waals surface area contributed by atoms with E-state index in [0.29, 0.717) is 49.3 Å². The van der Waals surface area contributed by atoms with Gasteiger partial charge in [0.05, 0.1) is 25.4 Å². The Kier molecular flexibility index (Phi) is 9.03. The number of hydrogen-bond acceptors (Lipinski definition) is 7. The van der Waals surface area contributed by atoms with Crippen LogP contribution in [0.3, 0.4) is 0 Å². The molecule has 3 aromatic rings. The summed E-state index contributed by atoms with van der Waals surface area (Å²) in [5.74, 6) is -0.253. The number of alkyl halides is 3. The van der Waals surface area contributed by atoms with Gasteiger partial charge in [-0.15, -0.1) is 6.42 Å². The Morgan fingerprint density at radius 1 is 1.16 bits per heavy atom. The van der Waals surface area contributed by atoms with Gasteiger partial charge in [0.15, 0.2) is 10.8 Å². The molecule has 0 bridgehead atoms. The maximum atomic E-state index is 14.0. The molecule has 2 aliphatic rings. The first-order valence-electron chi connectivity index (χ1n) is 13.6. The number of halogens is 5. The summed E-state index contributed by atoms with van der Waals surface area (Å²) < 4.78 is 75.1. The molecule has 1 saturated heterocycles. The molecule has 5 rings (SSSR count). The number of benzene rings is 2. The number of hydrogen-bond donors (Lipinski definition) is 3. The lowest BCUT2D eigenvalue weighted by Crippen LogP contribution is -2.50. The number of ether oxygens (including phenoxy) is 1. The predicted octanol–water partition coefficient (Wildman–Crippen LogP) is 4.24. The smallest absolute Gasteiger partial charge is 0.390 e. The molecular weight excluding hydrogens is 591 g/mol. The van der Waals surface area contributed by atoms with E-state index in [1.54, 1.807) is 11.0 Å². The molecule has 1 aliphatic heterocycles. The quantitative estimate of drug-likeness (QED) is 0.232. The van der Waals surface area contributed by atoms with Gasteiger partial charge in [-0.3, -0.25) is 4.79 Å². The third-order valence-corrected chi connectivity index (χ3v) is 8.63. The molecule has 1 aliphatic carbocycles. The van der Waals surface area contributed by atoms with Crippen molar-refractivity contribution in [2.45, 2.75) is 43.1 Å². The van der Waals surface area contributed by atoms with Crippen LogP contribution in [0, 0.1) is 24.0 Å². The van der Waals surface area contributed by atoms with Crippen molar-refractivity contribution in [1.29, 1.82) is 0 Å². The summed E-state index contributed by atoms with van der Waals surface area (Å²) in [6.45, 7) is 1.17. The zero-order chi connectivity index (χ0) is 30.8. The number of terminal acetylenes is 1. The van der Waals surface area contributed by atoms with Gasteiger partial charge in [0.1, 0.15) is 16.5 Å². The molecule has 3 N–H and O–H groups in total. The van der Waals surface area contributed by atoms with E-state index in [0.717, 1.165) is 30.5 Å². The van der Waals surface area contributed by atoms with Crippen LogP contribution in [0.25, 0.3) is 0 Å². The average Bonchev–Trinajstić information content (AvgIpc) is 3.62. The summed E-state index contributed by atoms with van der Waals surface area (Å²) in [7, 11) is 0. The molecule has 228 valence electrons. The Bertz CT molecular complexity index is 1490. The van der Waals surface area contributed by atoms with Gasteiger partial charge < -0.3 is 25.4 Å². The number of morpholine rings is 1. The summed E-state index contributed by atoms with van der Waals surface area (Å²) in [5.41, 5.74) is -0.102. The van der Waals surface area contributed by atoms with Crippen LogP contribution in [0.15, 0.2) is 42.5 Å². The fourth-order valence-electron chi connectivity index (χ4n) is 5.09. The van der Waals surface area contributed by atoms with E-state index in [9.17, 15) is 31.9 Å². The standard InChI is InChI=1S/C30H29F5N4O3S/c1-2-18-4-3-5-20(12-18)29(6-7-29)36-17-24(40)23(15-19-13-21(31)16-22(32)14-19)37-27(41)25-26(30(33,34)35)38-28(43-25)39-8-10-42-11-9-39/h1,3-5,12-14,16,23-24,36,40H,6-11,15,17H2,(H,37,41)/t23-,24-/m0/s1. The van der Waals surface area contributed by atoms with Crippen LogP contribution in [-0.2, 0) is 22.9 Å². The number of carbonyl (C=O) groups is 1. The zero-order valence-corrected chi connectivity index (χ0v) is 23.7.